The van der Waals surface area contributed by atoms with Crippen molar-refractivity contribution < 1.29 is 19.1 Å². The smallest absolute Gasteiger partial charge is 0.239 e. The summed E-state index contributed by atoms with van der Waals surface area (Å²) in [6, 6.07) is 11.2. The molecule has 0 spiro atoms. The number of amides is 2. The predicted molar refractivity (Wildman–Crippen MR) is 122 cm³/mol. The van der Waals surface area contributed by atoms with Crippen LogP contribution in [0.2, 0.25) is 0 Å². The van der Waals surface area contributed by atoms with Crippen molar-refractivity contribution in [1.29, 1.82) is 0 Å². The van der Waals surface area contributed by atoms with Gasteiger partial charge in [0.25, 0.3) is 0 Å². The SMILES string of the molecule is COc1cc2c(cc1OC)C(/C=C/c1ccc(NC(C)=O)cc1)=NN(C(C)=O)C(C)C2. The molecule has 2 amide bonds. The number of hydrazone groups is 1. The van der Waals surface area contributed by atoms with Crippen molar-refractivity contribution >= 4 is 29.3 Å². The number of fused-ring (bicyclic) bond motifs is 1. The van der Waals surface area contributed by atoms with E-state index in [4.69, 9.17) is 9.47 Å². The van der Waals surface area contributed by atoms with Crippen LogP contribution in [0.3, 0.4) is 0 Å². The average Bonchev–Trinajstić information content (AvgIpc) is 2.87. The number of ether oxygens (including phenoxy) is 2. The lowest BCUT2D eigenvalue weighted by Crippen LogP contribution is -2.33. The number of allylic oxidation sites excluding steroid dienone is 1. The van der Waals surface area contributed by atoms with Crippen LogP contribution in [0.25, 0.3) is 6.08 Å². The van der Waals surface area contributed by atoms with Crippen LogP contribution >= 0.6 is 0 Å². The maximum absolute atomic E-state index is 12.2. The van der Waals surface area contributed by atoms with Gasteiger partial charge in [-0.15, -0.1) is 0 Å². The fourth-order valence-electron chi connectivity index (χ4n) is 3.56. The maximum Gasteiger partial charge on any atom is 0.239 e. The lowest BCUT2D eigenvalue weighted by Gasteiger charge is -2.21. The Balaban J connectivity index is 2.03. The first-order valence-corrected chi connectivity index (χ1v) is 10.0. The van der Waals surface area contributed by atoms with Crippen molar-refractivity contribution in [3.63, 3.8) is 0 Å². The topological polar surface area (TPSA) is 80.2 Å². The van der Waals surface area contributed by atoms with E-state index < -0.39 is 0 Å². The number of nitrogens with one attached hydrogen (secondary N) is 1. The minimum absolute atomic E-state index is 0.0998. The molecule has 0 fully saturated rings. The second kappa shape index (κ2) is 9.47. The Labute approximate surface area is 182 Å². The van der Waals surface area contributed by atoms with Crippen LogP contribution in [0.4, 0.5) is 5.69 Å². The number of rotatable bonds is 5. The minimum atomic E-state index is -0.121. The number of nitrogens with zero attached hydrogens (tertiary/aromatic N) is 2. The van der Waals surface area contributed by atoms with Gasteiger partial charge in [-0.05, 0) is 54.8 Å². The molecule has 1 heterocycles. The van der Waals surface area contributed by atoms with E-state index in [9.17, 15) is 9.59 Å². The molecule has 0 radical (unpaired) electrons. The second-order valence-electron chi connectivity index (χ2n) is 7.40. The molecule has 1 N–H and O–H groups in total. The Morgan fingerprint density at radius 1 is 1.06 bits per heavy atom. The third-order valence-corrected chi connectivity index (χ3v) is 5.02. The highest BCUT2D eigenvalue weighted by atomic mass is 16.5. The standard InChI is InChI=1S/C24H27N3O4/c1-15-12-19-13-23(30-4)24(31-5)14-21(19)22(26-27(15)17(3)29)11-8-18-6-9-20(10-7-18)25-16(2)28/h6-11,13-15H,12H2,1-5H3,(H,25,28)/b11-8+. The average molecular weight is 421 g/mol. The van der Waals surface area contributed by atoms with E-state index >= 15 is 0 Å². The summed E-state index contributed by atoms with van der Waals surface area (Å²) in [6.45, 7) is 4.96. The fourth-order valence-corrected chi connectivity index (χ4v) is 3.56. The summed E-state index contributed by atoms with van der Waals surface area (Å²) in [5.41, 5.74) is 4.24. The highest BCUT2D eigenvalue weighted by Crippen LogP contribution is 2.33. The van der Waals surface area contributed by atoms with Gasteiger partial charge in [0, 0.05) is 25.1 Å². The van der Waals surface area contributed by atoms with Gasteiger partial charge >= 0.3 is 0 Å². The molecule has 1 atom stereocenters. The minimum Gasteiger partial charge on any atom is -0.493 e. The molecule has 0 saturated heterocycles. The van der Waals surface area contributed by atoms with Gasteiger partial charge in [-0.1, -0.05) is 18.2 Å². The van der Waals surface area contributed by atoms with Gasteiger partial charge < -0.3 is 14.8 Å². The Kier molecular flexibility index (Phi) is 6.74. The van der Waals surface area contributed by atoms with Crippen LogP contribution in [0.1, 0.15) is 37.5 Å². The monoisotopic (exact) mass is 421 g/mol. The number of anilines is 1. The van der Waals surface area contributed by atoms with E-state index in [0.29, 0.717) is 23.6 Å². The van der Waals surface area contributed by atoms with Crippen molar-refractivity contribution in [1.82, 2.24) is 5.01 Å². The van der Waals surface area contributed by atoms with E-state index in [0.717, 1.165) is 22.4 Å². The summed E-state index contributed by atoms with van der Waals surface area (Å²) < 4.78 is 10.9. The van der Waals surface area contributed by atoms with Crippen molar-refractivity contribution in [2.75, 3.05) is 19.5 Å². The molecule has 2 aromatic rings. The normalized spacial score (nSPS) is 15.7. The van der Waals surface area contributed by atoms with Gasteiger partial charge in [-0.3, -0.25) is 9.59 Å². The Hall–Kier alpha value is -3.61. The zero-order valence-electron chi connectivity index (χ0n) is 18.4. The number of hydrogen-bond acceptors (Lipinski definition) is 5. The van der Waals surface area contributed by atoms with Gasteiger partial charge in [-0.25, -0.2) is 5.01 Å². The van der Waals surface area contributed by atoms with Gasteiger partial charge in [0.15, 0.2) is 11.5 Å². The Bertz CT molecular complexity index is 1040. The van der Waals surface area contributed by atoms with Gasteiger partial charge in [-0.2, -0.15) is 5.10 Å². The lowest BCUT2D eigenvalue weighted by molar-refractivity contribution is -0.130. The largest absolute Gasteiger partial charge is 0.493 e. The molecular formula is C24H27N3O4. The first-order chi connectivity index (χ1) is 14.8. The number of carbonyl (C=O) groups is 2. The molecule has 0 bridgehead atoms. The highest BCUT2D eigenvalue weighted by molar-refractivity contribution is 6.12. The van der Waals surface area contributed by atoms with Crippen molar-refractivity contribution in [2.45, 2.75) is 33.2 Å². The molecule has 0 saturated carbocycles. The van der Waals surface area contributed by atoms with Crippen LogP contribution in [0.5, 0.6) is 11.5 Å². The fraction of sp³-hybridized carbons (Fsp3) is 0.292. The molecular weight excluding hydrogens is 394 g/mol. The van der Waals surface area contributed by atoms with E-state index in [1.807, 2.05) is 55.5 Å². The van der Waals surface area contributed by atoms with Crippen molar-refractivity contribution in [3.05, 3.63) is 59.2 Å². The number of benzene rings is 2. The zero-order valence-corrected chi connectivity index (χ0v) is 18.4. The quantitative estimate of drug-likeness (QED) is 0.795. The van der Waals surface area contributed by atoms with Crippen LogP contribution in [-0.4, -0.2) is 42.8 Å². The summed E-state index contributed by atoms with van der Waals surface area (Å²) >= 11 is 0. The molecule has 7 heteroatoms. The molecule has 3 rings (SSSR count). The zero-order chi connectivity index (χ0) is 22.5. The first kappa shape index (κ1) is 22.1. The molecule has 1 unspecified atom stereocenters. The van der Waals surface area contributed by atoms with Gasteiger partial charge in [0.05, 0.1) is 26.0 Å². The molecule has 0 aliphatic carbocycles. The summed E-state index contributed by atoms with van der Waals surface area (Å²) in [5, 5.41) is 8.92. The van der Waals surface area contributed by atoms with Crippen LogP contribution in [0.15, 0.2) is 47.6 Å². The Morgan fingerprint density at radius 3 is 2.29 bits per heavy atom. The summed E-state index contributed by atoms with van der Waals surface area (Å²) in [7, 11) is 3.19. The number of hydrogen-bond donors (Lipinski definition) is 1. The van der Waals surface area contributed by atoms with Crippen LogP contribution in [0, 0.1) is 0 Å². The number of carbonyl (C=O) groups excluding carboxylic acids is 2. The van der Waals surface area contributed by atoms with E-state index in [1.54, 1.807) is 14.2 Å². The predicted octanol–water partition coefficient (Wildman–Crippen LogP) is 3.87. The maximum atomic E-state index is 12.2. The molecule has 2 aromatic carbocycles. The lowest BCUT2D eigenvalue weighted by atomic mass is 9.96. The second-order valence-corrected chi connectivity index (χ2v) is 7.40. The van der Waals surface area contributed by atoms with Gasteiger partial charge in [0.2, 0.25) is 11.8 Å². The third-order valence-electron chi connectivity index (χ3n) is 5.02. The molecule has 31 heavy (non-hydrogen) atoms. The summed E-state index contributed by atoms with van der Waals surface area (Å²) in [6.07, 6.45) is 4.44. The van der Waals surface area contributed by atoms with E-state index in [-0.39, 0.29) is 17.9 Å². The molecule has 7 nitrogen and oxygen atoms in total. The van der Waals surface area contributed by atoms with Gasteiger partial charge in [0.1, 0.15) is 0 Å². The van der Waals surface area contributed by atoms with Crippen molar-refractivity contribution in [2.24, 2.45) is 5.10 Å². The van der Waals surface area contributed by atoms with Crippen LogP contribution in [-0.2, 0) is 16.0 Å². The molecule has 162 valence electrons. The van der Waals surface area contributed by atoms with E-state index in [2.05, 4.69) is 10.4 Å². The third kappa shape index (κ3) is 5.12. The van der Waals surface area contributed by atoms with Crippen molar-refractivity contribution in [3.8, 4) is 11.5 Å². The number of methoxy groups -OCH3 is 2. The molecule has 1 aliphatic heterocycles. The molecule has 0 aromatic heterocycles. The Morgan fingerprint density at radius 2 is 1.71 bits per heavy atom. The summed E-state index contributed by atoms with van der Waals surface area (Å²) in [5.74, 6) is 1.01. The highest BCUT2D eigenvalue weighted by Gasteiger charge is 2.25. The molecule has 1 aliphatic rings. The summed E-state index contributed by atoms with van der Waals surface area (Å²) in [4.78, 5) is 23.4. The first-order valence-electron chi connectivity index (χ1n) is 10.0. The van der Waals surface area contributed by atoms with E-state index in [1.165, 1.54) is 18.9 Å². The van der Waals surface area contributed by atoms with Crippen LogP contribution < -0.4 is 14.8 Å².